The van der Waals surface area contributed by atoms with Gasteiger partial charge in [0.1, 0.15) is 15.4 Å². The number of nitrogens with zero attached hydrogens (tertiary/aromatic N) is 1. The van der Waals surface area contributed by atoms with Crippen LogP contribution in [-0.2, 0) is 11.3 Å². The summed E-state index contributed by atoms with van der Waals surface area (Å²) in [6, 6.07) is -0.548. The lowest BCUT2D eigenvalue weighted by atomic mass is 10.1. The van der Waals surface area contributed by atoms with Gasteiger partial charge in [-0.25, -0.2) is 4.98 Å². The highest BCUT2D eigenvalue weighted by Gasteiger charge is 2.20. The molecule has 1 aromatic rings. The molecule has 84 valence electrons. The van der Waals surface area contributed by atoms with Crippen molar-refractivity contribution in [2.75, 3.05) is 0 Å². The molecule has 1 heterocycles. The van der Waals surface area contributed by atoms with Gasteiger partial charge in [-0.1, -0.05) is 25.4 Å². The van der Waals surface area contributed by atoms with Gasteiger partial charge in [0.15, 0.2) is 0 Å². The summed E-state index contributed by atoms with van der Waals surface area (Å²) in [5.74, 6) is -0.800. The van der Waals surface area contributed by atoms with Gasteiger partial charge in [-0.3, -0.25) is 10.1 Å². The van der Waals surface area contributed by atoms with E-state index in [4.69, 9.17) is 16.7 Å². The maximum atomic E-state index is 10.9. The third-order valence-electron chi connectivity index (χ3n) is 1.93. The van der Waals surface area contributed by atoms with E-state index < -0.39 is 12.0 Å². The van der Waals surface area contributed by atoms with Crippen LogP contribution in [0.15, 0.2) is 6.20 Å². The van der Waals surface area contributed by atoms with Gasteiger partial charge in [-0.15, -0.1) is 11.3 Å². The molecule has 15 heavy (non-hydrogen) atoms. The van der Waals surface area contributed by atoms with Gasteiger partial charge < -0.3 is 5.11 Å². The molecule has 0 saturated carbocycles. The van der Waals surface area contributed by atoms with Gasteiger partial charge in [0, 0.05) is 6.54 Å². The number of nitrogens with one attached hydrogen (secondary N) is 1. The average Bonchev–Trinajstić information content (AvgIpc) is 2.50. The smallest absolute Gasteiger partial charge is 0.320 e. The Hall–Kier alpha value is -0.650. The minimum atomic E-state index is -0.840. The molecule has 1 atom stereocenters. The molecule has 0 bridgehead atoms. The predicted octanol–water partition coefficient (Wildman–Crippen LogP) is 2.00. The van der Waals surface area contributed by atoms with Crippen LogP contribution >= 0.6 is 22.9 Å². The van der Waals surface area contributed by atoms with Crippen LogP contribution in [0.4, 0.5) is 0 Å². The molecule has 0 amide bonds. The summed E-state index contributed by atoms with van der Waals surface area (Å²) in [6.45, 7) is 4.16. The van der Waals surface area contributed by atoms with Crippen molar-refractivity contribution in [1.29, 1.82) is 0 Å². The fourth-order valence-electron chi connectivity index (χ4n) is 1.18. The monoisotopic (exact) mass is 248 g/mol. The lowest BCUT2D eigenvalue weighted by molar-refractivity contribution is -0.140. The zero-order chi connectivity index (χ0) is 11.4. The van der Waals surface area contributed by atoms with E-state index in [-0.39, 0.29) is 5.92 Å². The molecule has 0 aromatic carbocycles. The van der Waals surface area contributed by atoms with Crippen LogP contribution in [-0.4, -0.2) is 22.1 Å². The number of thiazole rings is 1. The first-order valence-corrected chi connectivity index (χ1v) is 5.76. The van der Waals surface area contributed by atoms with Crippen LogP contribution in [0, 0.1) is 5.92 Å². The Morgan fingerprint density at radius 1 is 1.73 bits per heavy atom. The topological polar surface area (TPSA) is 62.2 Å². The molecule has 6 heteroatoms. The molecule has 0 spiro atoms. The molecular formula is C9H13ClN2O2S. The standard InChI is InChI=1S/C9H13ClN2O2S/c1-5(2)8(9(13)14)12-4-7-11-3-6(10)15-7/h3,5,8,12H,4H2,1-2H3,(H,13,14). The van der Waals surface area contributed by atoms with E-state index in [1.54, 1.807) is 6.20 Å². The van der Waals surface area contributed by atoms with E-state index in [9.17, 15) is 4.79 Å². The molecule has 0 aliphatic heterocycles. The molecule has 1 aromatic heterocycles. The summed E-state index contributed by atoms with van der Waals surface area (Å²) in [4.78, 5) is 14.9. The first-order chi connectivity index (χ1) is 7.00. The Labute approximate surface area is 97.3 Å². The van der Waals surface area contributed by atoms with Crippen LogP contribution in [0.5, 0.6) is 0 Å². The second kappa shape index (κ2) is 5.44. The van der Waals surface area contributed by atoms with Crippen molar-refractivity contribution in [1.82, 2.24) is 10.3 Å². The third-order valence-corrected chi connectivity index (χ3v) is 3.05. The number of halogens is 1. The van der Waals surface area contributed by atoms with E-state index in [2.05, 4.69) is 10.3 Å². The number of aromatic nitrogens is 1. The van der Waals surface area contributed by atoms with E-state index in [0.717, 1.165) is 5.01 Å². The van der Waals surface area contributed by atoms with Gasteiger partial charge in [0.2, 0.25) is 0 Å². The van der Waals surface area contributed by atoms with Crippen LogP contribution in [0.1, 0.15) is 18.9 Å². The number of carbonyl (C=O) groups is 1. The summed E-state index contributed by atoms with van der Waals surface area (Å²) in [6.07, 6.45) is 1.56. The zero-order valence-electron chi connectivity index (χ0n) is 8.53. The first kappa shape index (κ1) is 12.4. The predicted molar refractivity (Wildman–Crippen MR) is 60.2 cm³/mol. The number of rotatable bonds is 5. The maximum Gasteiger partial charge on any atom is 0.320 e. The summed E-state index contributed by atoms with van der Waals surface area (Å²) in [5.41, 5.74) is 0. The summed E-state index contributed by atoms with van der Waals surface area (Å²) >= 11 is 7.06. The maximum absolute atomic E-state index is 10.9. The van der Waals surface area contributed by atoms with Crippen molar-refractivity contribution in [3.8, 4) is 0 Å². The second-order valence-corrected chi connectivity index (χ2v) is 5.25. The molecule has 1 unspecified atom stereocenters. The van der Waals surface area contributed by atoms with Crippen molar-refractivity contribution >= 4 is 28.9 Å². The van der Waals surface area contributed by atoms with Crippen LogP contribution in [0.25, 0.3) is 0 Å². The molecule has 0 saturated heterocycles. The van der Waals surface area contributed by atoms with Gasteiger partial charge in [-0.2, -0.15) is 0 Å². The molecule has 0 aliphatic carbocycles. The van der Waals surface area contributed by atoms with Crippen molar-refractivity contribution in [2.45, 2.75) is 26.4 Å². The Kier molecular flexibility index (Phi) is 4.50. The minimum Gasteiger partial charge on any atom is -0.480 e. The molecule has 0 fully saturated rings. The number of aliphatic carboxylic acids is 1. The highest BCUT2D eigenvalue weighted by molar-refractivity contribution is 7.15. The first-order valence-electron chi connectivity index (χ1n) is 4.57. The van der Waals surface area contributed by atoms with Gasteiger partial charge in [0.25, 0.3) is 0 Å². The summed E-state index contributed by atoms with van der Waals surface area (Å²) in [7, 11) is 0. The van der Waals surface area contributed by atoms with E-state index >= 15 is 0 Å². The van der Waals surface area contributed by atoms with Crippen LogP contribution in [0.3, 0.4) is 0 Å². The Morgan fingerprint density at radius 2 is 2.40 bits per heavy atom. The molecule has 0 aliphatic rings. The molecule has 0 radical (unpaired) electrons. The zero-order valence-corrected chi connectivity index (χ0v) is 10.1. The number of hydrogen-bond acceptors (Lipinski definition) is 4. The fourth-order valence-corrected chi connectivity index (χ4v) is 2.08. The Morgan fingerprint density at radius 3 is 2.80 bits per heavy atom. The Balaban J connectivity index is 2.50. The lowest BCUT2D eigenvalue weighted by Gasteiger charge is -2.16. The van der Waals surface area contributed by atoms with Gasteiger partial charge in [-0.05, 0) is 5.92 Å². The lowest BCUT2D eigenvalue weighted by Crippen LogP contribution is -2.40. The normalized spacial score (nSPS) is 13.1. The average molecular weight is 249 g/mol. The molecule has 2 N–H and O–H groups in total. The Bertz CT molecular complexity index is 341. The van der Waals surface area contributed by atoms with Gasteiger partial charge in [0.05, 0.1) is 6.20 Å². The number of carboxylic acids is 1. The van der Waals surface area contributed by atoms with E-state index in [1.165, 1.54) is 11.3 Å². The van der Waals surface area contributed by atoms with Crippen molar-refractivity contribution in [3.05, 3.63) is 15.5 Å². The largest absolute Gasteiger partial charge is 0.480 e. The van der Waals surface area contributed by atoms with E-state index in [0.29, 0.717) is 10.9 Å². The summed E-state index contributed by atoms with van der Waals surface area (Å²) in [5, 5.41) is 12.7. The number of hydrogen-bond donors (Lipinski definition) is 2. The van der Waals surface area contributed by atoms with Crippen molar-refractivity contribution in [3.63, 3.8) is 0 Å². The quantitative estimate of drug-likeness (QED) is 0.837. The molecule has 4 nitrogen and oxygen atoms in total. The van der Waals surface area contributed by atoms with Crippen LogP contribution in [0.2, 0.25) is 4.34 Å². The molecular weight excluding hydrogens is 236 g/mol. The van der Waals surface area contributed by atoms with Crippen LogP contribution < -0.4 is 5.32 Å². The second-order valence-electron chi connectivity index (χ2n) is 3.50. The fraction of sp³-hybridized carbons (Fsp3) is 0.556. The molecule has 1 rings (SSSR count). The van der Waals surface area contributed by atoms with Crippen molar-refractivity contribution in [2.24, 2.45) is 5.92 Å². The minimum absolute atomic E-state index is 0.0398. The van der Waals surface area contributed by atoms with Crippen molar-refractivity contribution < 1.29 is 9.90 Å². The summed E-state index contributed by atoms with van der Waals surface area (Å²) < 4.78 is 0.614. The van der Waals surface area contributed by atoms with E-state index in [1.807, 2.05) is 13.8 Å². The van der Waals surface area contributed by atoms with Gasteiger partial charge >= 0.3 is 5.97 Å². The third kappa shape index (κ3) is 3.77. The SMILES string of the molecule is CC(C)C(NCc1ncc(Cl)s1)C(=O)O. The highest BCUT2D eigenvalue weighted by Crippen LogP contribution is 2.18. The highest BCUT2D eigenvalue weighted by atomic mass is 35.5. The number of carboxylic acid groups (broad SMARTS) is 1.